The first-order valence-corrected chi connectivity index (χ1v) is 8.22. The molecule has 2 rings (SSSR count). The summed E-state index contributed by atoms with van der Waals surface area (Å²) in [4.78, 5) is 2.44. The van der Waals surface area contributed by atoms with Gasteiger partial charge in [-0.05, 0) is 49.8 Å². The van der Waals surface area contributed by atoms with Crippen LogP contribution in [0.1, 0.15) is 57.6 Å². The summed E-state index contributed by atoms with van der Waals surface area (Å²) in [5.41, 5.74) is 2.01. The van der Waals surface area contributed by atoms with Gasteiger partial charge in [-0.2, -0.15) is 0 Å². The highest BCUT2D eigenvalue weighted by molar-refractivity contribution is 6.31. The lowest BCUT2D eigenvalue weighted by Gasteiger charge is -2.24. The summed E-state index contributed by atoms with van der Waals surface area (Å²) >= 11 is 6.28. The van der Waals surface area contributed by atoms with E-state index in [2.05, 4.69) is 17.9 Å². The summed E-state index contributed by atoms with van der Waals surface area (Å²) in [5, 5.41) is 10.3. The average Bonchev–Trinajstić information content (AvgIpc) is 2.64. The molecule has 1 aromatic carbocycles. The number of hydrogen-bond acceptors (Lipinski definition) is 2. The molecule has 1 aromatic rings. The smallest absolute Gasteiger partial charge is 0.0776 e. The van der Waals surface area contributed by atoms with Crippen LogP contribution in [0.2, 0.25) is 5.02 Å². The molecule has 2 nitrogen and oxygen atoms in total. The Bertz CT molecular complexity index is 433. The molecule has 1 heterocycles. The highest BCUT2D eigenvalue weighted by Crippen LogP contribution is 2.30. The van der Waals surface area contributed by atoms with Gasteiger partial charge in [-0.15, -0.1) is 0 Å². The van der Waals surface area contributed by atoms with Crippen LogP contribution in [0.4, 0.5) is 5.69 Å². The van der Waals surface area contributed by atoms with Gasteiger partial charge in [-0.1, -0.05) is 37.4 Å². The summed E-state index contributed by atoms with van der Waals surface area (Å²) < 4.78 is 0. The summed E-state index contributed by atoms with van der Waals surface area (Å²) in [6, 6.07) is 6.05. The largest absolute Gasteiger partial charge is 0.389 e. The van der Waals surface area contributed by atoms with Gasteiger partial charge in [-0.25, -0.2) is 0 Å². The van der Waals surface area contributed by atoms with Crippen molar-refractivity contribution in [3.05, 3.63) is 28.8 Å². The van der Waals surface area contributed by atoms with Gasteiger partial charge in [0.15, 0.2) is 0 Å². The lowest BCUT2D eigenvalue weighted by molar-refractivity contribution is 0.199. The average molecular weight is 296 g/mol. The van der Waals surface area contributed by atoms with Crippen molar-refractivity contribution in [2.75, 3.05) is 18.0 Å². The maximum atomic E-state index is 9.65. The molecule has 2 unspecified atom stereocenters. The summed E-state index contributed by atoms with van der Waals surface area (Å²) in [6.07, 6.45) is 6.04. The van der Waals surface area contributed by atoms with Crippen LogP contribution < -0.4 is 4.90 Å². The number of aliphatic hydroxyl groups is 1. The normalized spacial score (nSPS) is 21.6. The number of aliphatic hydroxyl groups excluding tert-OH is 1. The highest BCUT2D eigenvalue weighted by atomic mass is 35.5. The Kier molecular flexibility index (Phi) is 5.74. The first kappa shape index (κ1) is 15.7. The van der Waals surface area contributed by atoms with Gasteiger partial charge in [0.25, 0.3) is 0 Å². The van der Waals surface area contributed by atoms with Crippen LogP contribution in [0.25, 0.3) is 0 Å². The van der Waals surface area contributed by atoms with Crippen LogP contribution in [0.5, 0.6) is 0 Å². The Morgan fingerprint density at radius 3 is 2.80 bits per heavy atom. The Morgan fingerprint density at radius 1 is 1.35 bits per heavy atom. The van der Waals surface area contributed by atoms with Gasteiger partial charge in [0.1, 0.15) is 0 Å². The number of anilines is 1. The van der Waals surface area contributed by atoms with E-state index in [4.69, 9.17) is 11.6 Å². The lowest BCUT2D eigenvalue weighted by Crippen LogP contribution is -2.24. The van der Waals surface area contributed by atoms with E-state index in [-0.39, 0.29) is 0 Å². The van der Waals surface area contributed by atoms with E-state index in [1.165, 1.54) is 37.8 Å². The topological polar surface area (TPSA) is 23.5 Å². The molecule has 0 spiro atoms. The van der Waals surface area contributed by atoms with Crippen LogP contribution in [0.15, 0.2) is 18.2 Å². The van der Waals surface area contributed by atoms with Crippen molar-refractivity contribution in [3.8, 4) is 0 Å². The maximum Gasteiger partial charge on any atom is 0.0776 e. The van der Waals surface area contributed by atoms with E-state index >= 15 is 0 Å². The molecular weight excluding hydrogens is 270 g/mol. The molecule has 0 amide bonds. The standard InChI is InChI=1S/C17H26ClNO/c1-3-5-14-6-4-10-19(11-9-14)15-7-8-16(13(2)20)17(18)12-15/h7-8,12-14,20H,3-6,9-11H2,1-2H3. The quantitative estimate of drug-likeness (QED) is 0.862. The molecule has 3 heteroatoms. The van der Waals surface area contributed by atoms with Gasteiger partial charge in [0.2, 0.25) is 0 Å². The first-order valence-electron chi connectivity index (χ1n) is 7.84. The predicted octanol–water partition coefficient (Wildman–Crippen LogP) is 4.80. The minimum atomic E-state index is -0.505. The fourth-order valence-electron chi connectivity index (χ4n) is 3.17. The van der Waals surface area contributed by atoms with Crippen molar-refractivity contribution < 1.29 is 5.11 Å². The Morgan fingerprint density at radius 2 is 2.15 bits per heavy atom. The highest BCUT2D eigenvalue weighted by Gasteiger charge is 2.17. The second-order valence-corrected chi connectivity index (χ2v) is 6.36. The van der Waals surface area contributed by atoms with Gasteiger partial charge in [0, 0.05) is 23.8 Å². The monoisotopic (exact) mass is 295 g/mol. The third-order valence-corrected chi connectivity index (χ3v) is 4.67. The number of halogens is 1. The second-order valence-electron chi connectivity index (χ2n) is 5.95. The third kappa shape index (κ3) is 3.89. The number of benzene rings is 1. The first-order chi connectivity index (χ1) is 9.61. The van der Waals surface area contributed by atoms with E-state index < -0.39 is 6.10 Å². The SMILES string of the molecule is CCCC1CCCN(c2ccc(C(C)O)c(Cl)c2)CC1. The molecule has 0 radical (unpaired) electrons. The maximum absolute atomic E-state index is 9.65. The Balaban J connectivity index is 2.06. The van der Waals surface area contributed by atoms with Crippen LogP contribution >= 0.6 is 11.6 Å². The molecule has 1 aliphatic rings. The van der Waals surface area contributed by atoms with Gasteiger partial charge in [0.05, 0.1) is 6.10 Å². The van der Waals surface area contributed by atoms with E-state index in [9.17, 15) is 5.11 Å². The molecule has 0 aliphatic carbocycles. The summed E-state index contributed by atoms with van der Waals surface area (Å²) in [7, 11) is 0. The molecule has 0 bridgehead atoms. The van der Waals surface area contributed by atoms with Crippen LogP contribution in [-0.4, -0.2) is 18.2 Å². The molecule has 112 valence electrons. The van der Waals surface area contributed by atoms with Gasteiger partial charge >= 0.3 is 0 Å². The zero-order chi connectivity index (χ0) is 14.5. The van der Waals surface area contributed by atoms with Crippen molar-refractivity contribution in [1.29, 1.82) is 0 Å². The van der Waals surface area contributed by atoms with E-state index in [1.807, 2.05) is 12.1 Å². The van der Waals surface area contributed by atoms with Crippen LogP contribution in [0, 0.1) is 5.92 Å². The van der Waals surface area contributed by atoms with Crippen molar-refractivity contribution in [2.45, 2.75) is 52.1 Å². The molecule has 2 atom stereocenters. The lowest BCUT2D eigenvalue weighted by atomic mass is 9.96. The zero-order valence-corrected chi connectivity index (χ0v) is 13.4. The van der Waals surface area contributed by atoms with Crippen molar-refractivity contribution in [1.82, 2.24) is 0 Å². The Labute approximate surface area is 127 Å². The molecule has 1 fully saturated rings. The molecular formula is C17H26ClNO. The fraction of sp³-hybridized carbons (Fsp3) is 0.647. The summed E-state index contributed by atoms with van der Waals surface area (Å²) in [5.74, 6) is 0.886. The number of nitrogens with zero attached hydrogens (tertiary/aromatic N) is 1. The van der Waals surface area contributed by atoms with E-state index in [1.54, 1.807) is 6.92 Å². The van der Waals surface area contributed by atoms with E-state index in [0.717, 1.165) is 24.6 Å². The van der Waals surface area contributed by atoms with Crippen molar-refractivity contribution in [3.63, 3.8) is 0 Å². The molecule has 0 aromatic heterocycles. The van der Waals surface area contributed by atoms with Crippen LogP contribution in [0.3, 0.4) is 0 Å². The minimum absolute atomic E-state index is 0.505. The molecule has 20 heavy (non-hydrogen) atoms. The number of rotatable bonds is 4. The van der Waals surface area contributed by atoms with Crippen LogP contribution in [-0.2, 0) is 0 Å². The van der Waals surface area contributed by atoms with Gasteiger partial charge < -0.3 is 10.0 Å². The predicted molar refractivity (Wildman–Crippen MR) is 86.5 cm³/mol. The molecule has 1 N–H and O–H groups in total. The fourth-order valence-corrected chi connectivity index (χ4v) is 3.50. The molecule has 1 saturated heterocycles. The minimum Gasteiger partial charge on any atom is -0.389 e. The second kappa shape index (κ2) is 7.33. The summed E-state index contributed by atoms with van der Waals surface area (Å²) in [6.45, 7) is 6.26. The number of hydrogen-bond donors (Lipinski definition) is 1. The van der Waals surface area contributed by atoms with Crippen molar-refractivity contribution >= 4 is 17.3 Å². The van der Waals surface area contributed by atoms with E-state index in [0.29, 0.717) is 5.02 Å². The Hall–Kier alpha value is -0.730. The van der Waals surface area contributed by atoms with Crippen molar-refractivity contribution in [2.24, 2.45) is 5.92 Å². The zero-order valence-electron chi connectivity index (χ0n) is 12.6. The molecule has 1 aliphatic heterocycles. The third-order valence-electron chi connectivity index (χ3n) is 4.34. The molecule has 0 saturated carbocycles. The van der Waals surface area contributed by atoms with Gasteiger partial charge in [-0.3, -0.25) is 0 Å².